The van der Waals surface area contributed by atoms with E-state index in [0.29, 0.717) is 5.84 Å². The van der Waals surface area contributed by atoms with E-state index in [0.717, 1.165) is 5.01 Å². The number of fused-ring (bicyclic) bond motifs is 1. The summed E-state index contributed by atoms with van der Waals surface area (Å²) in [5.74, 6) is -0.480. The van der Waals surface area contributed by atoms with Crippen LogP contribution in [-0.2, 0) is 9.53 Å². The molecule has 0 aliphatic carbocycles. The lowest BCUT2D eigenvalue weighted by Crippen LogP contribution is -2.60. The highest BCUT2D eigenvalue weighted by molar-refractivity contribution is 6.32. The van der Waals surface area contributed by atoms with E-state index in [1.165, 1.54) is 7.11 Å². The average Bonchev–Trinajstić information content (AvgIpc) is 2.30. The summed E-state index contributed by atoms with van der Waals surface area (Å²) >= 11 is 6.11. The maximum absolute atomic E-state index is 11.4. The molecule has 10 heteroatoms. The number of halogens is 1. The fourth-order valence-electron chi connectivity index (χ4n) is 1.64. The molecule has 1 saturated heterocycles. The van der Waals surface area contributed by atoms with Crippen molar-refractivity contribution in [1.82, 2.24) is 5.01 Å². The van der Waals surface area contributed by atoms with E-state index in [1.807, 2.05) is 0 Å². The number of hydrogen-bond acceptors (Lipinski definition) is 6. The number of azide groups is 1. The third-order valence-corrected chi connectivity index (χ3v) is 2.89. The topological polar surface area (TPSA) is 119 Å². The molecular formula is C7H5ClN7O2+. The highest BCUT2D eigenvalue weighted by Crippen LogP contribution is 2.49. The fraction of sp³-hybridized carbons (Fsp3) is 0.429. The summed E-state index contributed by atoms with van der Waals surface area (Å²) in [6.07, 6.45) is 0.202. The van der Waals surface area contributed by atoms with Gasteiger partial charge in [0.15, 0.2) is 11.5 Å². The van der Waals surface area contributed by atoms with Crippen LogP contribution in [0, 0.1) is 5.39 Å². The zero-order valence-corrected chi connectivity index (χ0v) is 9.29. The van der Waals surface area contributed by atoms with Crippen molar-refractivity contribution >= 4 is 23.4 Å². The molecule has 0 aromatic rings. The average molecular weight is 255 g/mol. The summed E-state index contributed by atoms with van der Waals surface area (Å²) in [5.41, 5.74) is 8.14. The summed E-state index contributed by atoms with van der Waals surface area (Å²) in [7, 11) is 1.17. The molecule has 2 bridgehead atoms. The van der Waals surface area contributed by atoms with Crippen molar-refractivity contribution in [1.29, 1.82) is 5.39 Å². The Morgan fingerprint density at radius 1 is 1.82 bits per heavy atom. The Morgan fingerprint density at radius 3 is 3.06 bits per heavy atom. The number of nitrogens with zero attached hydrogens (tertiary/aromatic N) is 7. The van der Waals surface area contributed by atoms with Gasteiger partial charge in [-0.2, -0.15) is 0 Å². The van der Waals surface area contributed by atoms with Gasteiger partial charge in [0.1, 0.15) is 0 Å². The van der Waals surface area contributed by atoms with Crippen LogP contribution in [0.5, 0.6) is 0 Å². The Morgan fingerprint density at radius 2 is 2.53 bits per heavy atom. The number of methoxy groups -OCH3 is 1. The molecule has 3 rings (SSSR count). The lowest BCUT2D eigenvalue weighted by Gasteiger charge is -2.39. The Kier molecular flexibility index (Phi) is 2.38. The zero-order valence-electron chi connectivity index (χ0n) is 8.53. The van der Waals surface area contributed by atoms with Gasteiger partial charge >= 0.3 is 11.1 Å². The maximum Gasteiger partial charge on any atom is 0.357 e. The number of aliphatic imine (C=N–C) groups is 1. The van der Waals surface area contributed by atoms with Crippen LogP contribution in [0.1, 0.15) is 6.42 Å². The van der Waals surface area contributed by atoms with E-state index in [1.54, 1.807) is 0 Å². The zero-order chi connectivity index (χ0) is 12.6. The fourth-order valence-corrected chi connectivity index (χ4v) is 2.02. The van der Waals surface area contributed by atoms with Crippen molar-refractivity contribution in [2.75, 3.05) is 7.11 Å². The quantitative estimate of drug-likeness (QED) is 0.141. The van der Waals surface area contributed by atoms with Gasteiger partial charge < -0.3 is 4.74 Å². The first kappa shape index (κ1) is 11.2. The van der Waals surface area contributed by atoms with Gasteiger partial charge in [0.2, 0.25) is 5.00 Å². The maximum atomic E-state index is 11.4. The molecule has 3 aliphatic rings. The second-order valence-corrected chi connectivity index (χ2v) is 3.87. The van der Waals surface area contributed by atoms with Crippen molar-refractivity contribution in [2.24, 2.45) is 10.1 Å². The number of carbonyl (C=O) groups is 1. The highest BCUT2D eigenvalue weighted by Gasteiger charge is 2.64. The third kappa shape index (κ3) is 1.32. The molecule has 3 aliphatic heterocycles. The molecule has 1 fully saturated rings. The monoisotopic (exact) mass is 254 g/mol. The molecular weight excluding hydrogens is 250 g/mol. The molecule has 1 atom stereocenters. The van der Waals surface area contributed by atoms with Crippen LogP contribution in [0.4, 0.5) is 0 Å². The third-order valence-electron chi connectivity index (χ3n) is 2.41. The molecule has 0 spiro atoms. The largest absolute Gasteiger partial charge is 0.464 e. The summed E-state index contributed by atoms with van der Waals surface area (Å²) in [6, 6.07) is 0. The number of hydrogen-bond donors (Lipinski definition) is 0. The number of carbonyl (C=O) groups excluding carboxylic acids is 1. The first-order chi connectivity index (χ1) is 8.08. The molecule has 9 nitrogen and oxygen atoms in total. The molecule has 17 heavy (non-hydrogen) atoms. The van der Waals surface area contributed by atoms with Crippen molar-refractivity contribution in [3.63, 3.8) is 0 Å². The van der Waals surface area contributed by atoms with Crippen LogP contribution in [-0.4, -0.2) is 28.9 Å². The Balaban J connectivity index is 2.58. The van der Waals surface area contributed by atoms with Crippen molar-refractivity contribution in [2.45, 2.75) is 11.4 Å². The molecule has 86 valence electrons. The van der Waals surface area contributed by atoms with Gasteiger partial charge in [-0.15, -0.1) is 0 Å². The van der Waals surface area contributed by atoms with E-state index in [4.69, 9.17) is 22.5 Å². The minimum Gasteiger partial charge on any atom is -0.464 e. The first-order valence-corrected chi connectivity index (χ1v) is 4.76. The Bertz CT molecular complexity index is 555. The van der Waals surface area contributed by atoms with Crippen molar-refractivity contribution in [3.8, 4) is 0 Å². The second-order valence-electron chi connectivity index (χ2n) is 3.24. The van der Waals surface area contributed by atoms with Crippen LogP contribution < -0.4 is 0 Å². The molecule has 0 aromatic heterocycles. The molecule has 0 aromatic carbocycles. The molecule has 3 heterocycles. The van der Waals surface area contributed by atoms with Crippen LogP contribution in [0.3, 0.4) is 0 Å². The molecule has 0 N–H and O–H groups in total. The molecule has 0 saturated carbocycles. The summed E-state index contributed by atoms with van der Waals surface area (Å²) in [4.78, 5) is 16.5. The van der Waals surface area contributed by atoms with Gasteiger partial charge in [0.05, 0.1) is 19.2 Å². The minimum atomic E-state index is -1.37. The van der Waals surface area contributed by atoms with Crippen LogP contribution in [0.25, 0.3) is 15.5 Å². The van der Waals surface area contributed by atoms with E-state index in [-0.39, 0.29) is 17.8 Å². The molecule has 1 unspecified atom stereocenters. The first-order valence-electron chi connectivity index (χ1n) is 4.38. The SMILES string of the molecule is COC(=O)C1=C(N=[N+]=[N-])C2(Cl)CC(=N1)N2[N+]#N. The predicted molar refractivity (Wildman–Crippen MR) is 55.7 cm³/mol. The Hall–Kier alpha value is -2.30. The van der Waals surface area contributed by atoms with E-state index < -0.39 is 11.0 Å². The van der Waals surface area contributed by atoms with Crippen molar-refractivity contribution < 1.29 is 9.53 Å². The van der Waals surface area contributed by atoms with E-state index in [9.17, 15) is 4.79 Å². The number of amidine groups is 1. The lowest BCUT2D eigenvalue weighted by molar-refractivity contribution is -0.136. The van der Waals surface area contributed by atoms with Crippen molar-refractivity contribution in [3.05, 3.63) is 26.9 Å². The predicted octanol–water partition coefficient (Wildman–Crippen LogP) is 1.50. The summed E-state index contributed by atoms with van der Waals surface area (Å²) in [5, 5.41) is 15.9. The second kappa shape index (κ2) is 3.62. The number of rotatable bonds is 2. The van der Waals surface area contributed by atoms with Crippen LogP contribution >= 0.6 is 11.6 Å². The Labute approximate surface area is 99.5 Å². The summed E-state index contributed by atoms with van der Waals surface area (Å²) in [6.45, 7) is 0. The minimum absolute atomic E-state index is 0.138. The van der Waals surface area contributed by atoms with Crippen LogP contribution in [0.15, 0.2) is 21.5 Å². The van der Waals surface area contributed by atoms with Gasteiger partial charge in [-0.25, -0.2) is 9.79 Å². The number of esters is 1. The summed E-state index contributed by atoms with van der Waals surface area (Å²) < 4.78 is 4.49. The van der Waals surface area contributed by atoms with Crippen LogP contribution in [0.2, 0.25) is 0 Å². The van der Waals surface area contributed by atoms with Gasteiger partial charge in [-0.1, -0.05) is 16.7 Å². The van der Waals surface area contributed by atoms with Gasteiger partial charge in [0.25, 0.3) is 5.39 Å². The van der Waals surface area contributed by atoms with E-state index in [2.05, 4.69) is 24.8 Å². The number of ether oxygens (including phenoxy) is 1. The standard InChI is InChI=1S/C7H5ClN7O2/c1-17-6(16)4-5(12-13-9)7(8)2-3(11-4)15(7)14-10/h2H2,1H3/q+1. The normalized spacial score (nSPS) is 25.2. The highest BCUT2D eigenvalue weighted by atomic mass is 35.5. The smallest absolute Gasteiger partial charge is 0.357 e. The van der Waals surface area contributed by atoms with Gasteiger partial charge in [-0.05, 0) is 5.53 Å². The lowest BCUT2D eigenvalue weighted by atomic mass is 9.95. The number of alkyl halides is 1. The number of diazo groups is 1. The molecule has 0 amide bonds. The van der Waals surface area contributed by atoms with Gasteiger partial charge in [-0.3, -0.25) is 0 Å². The van der Waals surface area contributed by atoms with Gasteiger partial charge in [0, 0.05) is 9.92 Å². The van der Waals surface area contributed by atoms with E-state index >= 15 is 0 Å². The molecule has 0 radical (unpaired) electrons.